The Bertz CT molecular complexity index is 1120. The number of aliphatic hydroxyl groups is 1. The Morgan fingerprint density at radius 3 is 2.49 bits per heavy atom. The number of benzene rings is 2. The van der Waals surface area contributed by atoms with Crippen LogP contribution in [0, 0.1) is 0 Å². The summed E-state index contributed by atoms with van der Waals surface area (Å²) in [6.45, 7) is 2.84. The van der Waals surface area contributed by atoms with Gasteiger partial charge >= 0.3 is 6.03 Å². The van der Waals surface area contributed by atoms with Gasteiger partial charge in [0, 0.05) is 50.0 Å². The number of likely N-dealkylation sites (N-methyl/N-ethyl adjacent to an activating group) is 1. The predicted molar refractivity (Wildman–Crippen MR) is 136 cm³/mol. The Kier molecular flexibility index (Phi) is 8.18. The van der Waals surface area contributed by atoms with Crippen LogP contribution in [0.5, 0.6) is 5.75 Å². The first kappa shape index (κ1) is 25.7. The Balaban J connectivity index is 1.55. The van der Waals surface area contributed by atoms with Crippen molar-refractivity contribution in [1.29, 1.82) is 0 Å². The van der Waals surface area contributed by atoms with E-state index in [-0.39, 0.29) is 37.6 Å². The standard InChI is InChI=1S/C24H31ClN4O5S/c1-26-9-11-28(12-10-26)35(32,33)16-13-27-18-23(19-3-2-4-22(17-19)34-15-14-30)29(24(27)31)21-7-5-20(25)6-8-21/h2-8,17,23,30H,9-16,18H2,1H3. The molecule has 2 heterocycles. The number of halogens is 1. The SMILES string of the molecule is CN1CCN(S(=O)(=O)CCN2CC(c3cccc(OCCO)c3)N(c3ccc(Cl)cc3)C2=O)CC1. The van der Waals surface area contributed by atoms with Gasteiger partial charge in [0.25, 0.3) is 0 Å². The lowest BCUT2D eigenvalue weighted by Gasteiger charge is -2.32. The molecule has 35 heavy (non-hydrogen) atoms. The summed E-state index contributed by atoms with van der Waals surface area (Å²) in [5.74, 6) is 0.472. The first-order valence-corrected chi connectivity index (χ1v) is 13.6. The Morgan fingerprint density at radius 2 is 1.80 bits per heavy atom. The van der Waals surface area contributed by atoms with Crippen LogP contribution in [0.2, 0.25) is 5.02 Å². The average Bonchev–Trinajstić information content (AvgIpc) is 3.18. The lowest BCUT2D eigenvalue weighted by molar-refractivity contribution is 0.201. The van der Waals surface area contributed by atoms with Crippen molar-refractivity contribution in [2.24, 2.45) is 0 Å². The van der Waals surface area contributed by atoms with Crippen molar-refractivity contribution in [3.63, 3.8) is 0 Å². The number of hydrogen-bond acceptors (Lipinski definition) is 6. The number of nitrogens with zero attached hydrogens (tertiary/aromatic N) is 4. The summed E-state index contributed by atoms with van der Waals surface area (Å²) < 4.78 is 33.0. The Morgan fingerprint density at radius 1 is 1.09 bits per heavy atom. The zero-order valence-corrected chi connectivity index (χ0v) is 21.3. The van der Waals surface area contributed by atoms with Crippen LogP contribution >= 0.6 is 11.6 Å². The molecule has 1 unspecified atom stereocenters. The molecule has 0 bridgehead atoms. The molecule has 2 saturated heterocycles. The second-order valence-electron chi connectivity index (χ2n) is 8.75. The van der Waals surface area contributed by atoms with Gasteiger partial charge in [0.15, 0.2) is 0 Å². The third-order valence-corrected chi connectivity index (χ3v) is 8.47. The normalized spacial score (nSPS) is 20.0. The van der Waals surface area contributed by atoms with Crippen LogP contribution in [0.1, 0.15) is 11.6 Å². The van der Waals surface area contributed by atoms with Gasteiger partial charge in [-0.05, 0) is 49.0 Å². The molecule has 2 aromatic rings. The summed E-state index contributed by atoms with van der Waals surface area (Å²) in [5.41, 5.74) is 1.53. The van der Waals surface area contributed by atoms with E-state index in [9.17, 15) is 13.2 Å². The third-order valence-electron chi connectivity index (χ3n) is 6.36. The van der Waals surface area contributed by atoms with Crippen molar-refractivity contribution in [2.45, 2.75) is 6.04 Å². The van der Waals surface area contributed by atoms with Gasteiger partial charge in [0.1, 0.15) is 12.4 Å². The van der Waals surface area contributed by atoms with Crippen molar-refractivity contribution < 1.29 is 23.1 Å². The molecule has 2 fully saturated rings. The highest BCUT2D eigenvalue weighted by Gasteiger charge is 2.40. The van der Waals surface area contributed by atoms with Gasteiger partial charge in [-0.15, -0.1) is 0 Å². The molecule has 0 radical (unpaired) electrons. The quantitative estimate of drug-likeness (QED) is 0.543. The molecule has 9 nitrogen and oxygen atoms in total. The molecular formula is C24H31ClN4O5S. The van der Waals surface area contributed by atoms with E-state index in [0.717, 1.165) is 5.56 Å². The lowest BCUT2D eigenvalue weighted by Crippen LogP contribution is -2.49. The van der Waals surface area contributed by atoms with E-state index >= 15 is 0 Å². The Labute approximate surface area is 211 Å². The van der Waals surface area contributed by atoms with E-state index in [1.165, 1.54) is 4.31 Å². The van der Waals surface area contributed by atoms with Gasteiger partial charge in [-0.1, -0.05) is 23.7 Å². The summed E-state index contributed by atoms with van der Waals surface area (Å²) >= 11 is 6.06. The second kappa shape index (κ2) is 11.1. The largest absolute Gasteiger partial charge is 0.491 e. The molecule has 4 rings (SSSR count). The summed E-state index contributed by atoms with van der Waals surface area (Å²) in [7, 11) is -1.50. The summed E-state index contributed by atoms with van der Waals surface area (Å²) in [4.78, 5) is 18.9. The first-order valence-electron chi connectivity index (χ1n) is 11.6. The minimum Gasteiger partial charge on any atom is -0.491 e. The van der Waals surface area contributed by atoms with Crippen LogP contribution in [0.15, 0.2) is 48.5 Å². The number of carbonyl (C=O) groups is 1. The van der Waals surface area contributed by atoms with E-state index < -0.39 is 10.0 Å². The van der Waals surface area contributed by atoms with Gasteiger partial charge in [-0.2, -0.15) is 4.31 Å². The molecule has 1 N–H and O–H groups in total. The topological polar surface area (TPSA) is 93.6 Å². The molecule has 0 saturated carbocycles. The smallest absolute Gasteiger partial charge is 0.325 e. The molecule has 11 heteroatoms. The number of urea groups is 1. The van der Waals surface area contributed by atoms with Gasteiger partial charge in [-0.25, -0.2) is 13.2 Å². The molecule has 190 valence electrons. The average molecular weight is 523 g/mol. The molecule has 1 atom stereocenters. The van der Waals surface area contributed by atoms with Crippen LogP contribution in [-0.4, -0.2) is 98.9 Å². The van der Waals surface area contributed by atoms with E-state index in [1.807, 2.05) is 25.2 Å². The number of sulfonamides is 1. The van der Waals surface area contributed by atoms with Crippen LogP contribution < -0.4 is 9.64 Å². The van der Waals surface area contributed by atoms with Crippen molar-refractivity contribution in [3.8, 4) is 5.75 Å². The van der Waals surface area contributed by atoms with E-state index in [2.05, 4.69) is 4.90 Å². The number of piperazine rings is 1. The van der Waals surface area contributed by atoms with Crippen molar-refractivity contribution >= 4 is 33.3 Å². The molecule has 2 amide bonds. The molecule has 0 aromatic heterocycles. The minimum atomic E-state index is -3.47. The van der Waals surface area contributed by atoms with Gasteiger partial charge in [0.05, 0.1) is 18.4 Å². The number of hydrogen-bond donors (Lipinski definition) is 1. The molecule has 2 aliphatic heterocycles. The zero-order valence-electron chi connectivity index (χ0n) is 19.7. The fourth-order valence-corrected chi connectivity index (χ4v) is 5.94. The number of ether oxygens (including phenoxy) is 1. The second-order valence-corrected chi connectivity index (χ2v) is 11.3. The number of rotatable bonds is 9. The van der Waals surface area contributed by atoms with Crippen LogP contribution in [0.4, 0.5) is 10.5 Å². The predicted octanol–water partition coefficient (Wildman–Crippen LogP) is 2.27. The summed E-state index contributed by atoms with van der Waals surface area (Å²) in [6, 6.07) is 13.8. The van der Waals surface area contributed by atoms with E-state index in [1.54, 1.807) is 40.1 Å². The van der Waals surface area contributed by atoms with Crippen molar-refractivity contribution in [1.82, 2.24) is 14.1 Å². The summed E-state index contributed by atoms with van der Waals surface area (Å²) in [5, 5.41) is 9.63. The highest BCUT2D eigenvalue weighted by atomic mass is 35.5. The highest BCUT2D eigenvalue weighted by Crippen LogP contribution is 2.36. The van der Waals surface area contributed by atoms with Gasteiger partial charge < -0.3 is 19.6 Å². The van der Waals surface area contributed by atoms with E-state index in [4.69, 9.17) is 21.4 Å². The third kappa shape index (κ3) is 6.07. The van der Waals surface area contributed by atoms with Crippen molar-refractivity contribution in [2.75, 3.05) is 70.2 Å². The van der Waals surface area contributed by atoms with Crippen molar-refractivity contribution in [3.05, 3.63) is 59.1 Å². The first-order chi connectivity index (χ1) is 16.8. The van der Waals surface area contributed by atoms with Gasteiger partial charge in [0.2, 0.25) is 10.0 Å². The van der Waals surface area contributed by atoms with Crippen LogP contribution in [-0.2, 0) is 10.0 Å². The van der Waals surface area contributed by atoms with E-state index in [0.29, 0.717) is 49.2 Å². The molecule has 2 aromatic carbocycles. The number of anilines is 1. The number of amides is 2. The van der Waals surface area contributed by atoms with Crippen LogP contribution in [0.25, 0.3) is 0 Å². The Hall–Kier alpha value is -2.37. The fourth-order valence-electron chi connectivity index (χ4n) is 4.38. The molecule has 2 aliphatic rings. The maximum atomic E-state index is 13.5. The maximum Gasteiger partial charge on any atom is 0.325 e. The molecule has 0 aliphatic carbocycles. The van der Waals surface area contributed by atoms with Gasteiger partial charge in [-0.3, -0.25) is 4.90 Å². The monoisotopic (exact) mass is 522 g/mol. The zero-order chi connectivity index (χ0) is 25.0. The fraction of sp³-hybridized carbons (Fsp3) is 0.458. The number of carbonyl (C=O) groups excluding carboxylic acids is 1. The minimum absolute atomic E-state index is 0.0986. The lowest BCUT2D eigenvalue weighted by atomic mass is 10.1. The number of aliphatic hydroxyl groups excluding tert-OH is 1. The van der Waals surface area contributed by atoms with Crippen LogP contribution in [0.3, 0.4) is 0 Å². The maximum absolute atomic E-state index is 13.5. The molecular weight excluding hydrogens is 492 g/mol. The highest BCUT2D eigenvalue weighted by molar-refractivity contribution is 7.89. The molecule has 0 spiro atoms. The summed E-state index contributed by atoms with van der Waals surface area (Å²) in [6.07, 6.45) is 0.